The molecule has 0 spiro atoms. The highest BCUT2D eigenvalue weighted by atomic mass is 32.1. The Kier molecular flexibility index (Phi) is 6.33. The number of thiazole rings is 1. The fourth-order valence-electron chi connectivity index (χ4n) is 2.36. The van der Waals surface area contributed by atoms with E-state index in [2.05, 4.69) is 10.3 Å². The van der Waals surface area contributed by atoms with E-state index in [1.807, 2.05) is 36.6 Å². The van der Waals surface area contributed by atoms with E-state index >= 15 is 0 Å². The summed E-state index contributed by atoms with van der Waals surface area (Å²) in [5, 5.41) is 5.05. The van der Waals surface area contributed by atoms with Crippen molar-refractivity contribution in [2.75, 3.05) is 11.9 Å². The van der Waals surface area contributed by atoms with Gasteiger partial charge < -0.3 is 4.74 Å². The maximum Gasteiger partial charge on any atom is 0.250 e. The van der Waals surface area contributed by atoms with Gasteiger partial charge in [-0.1, -0.05) is 25.1 Å². The molecular formula is C21H19FN2O2S. The lowest BCUT2D eigenvalue weighted by Gasteiger charge is -2.07. The van der Waals surface area contributed by atoms with Crippen LogP contribution in [-0.2, 0) is 4.79 Å². The topological polar surface area (TPSA) is 51.2 Å². The van der Waals surface area contributed by atoms with Crippen LogP contribution in [-0.4, -0.2) is 17.5 Å². The van der Waals surface area contributed by atoms with Crippen molar-refractivity contribution in [3.05, 3.63) is 71.4 Å². The Balaban J connectivity index is 1.65. The fraction of sp³-hybridized carbons (Fsp3) is 0.143. The van der Waals surface area contributed by atoms with Gasteiger partial charge in [-0.15, -0.1) is 11.3 Å². The van der Waals surface area contributed by atoms with Gasteiger partial charge in [-0.2, -0.15) is 0 Å². The molecule has 0 aliphatic heterocycles. The average Bonchev–Trinajstić information content (AvgIpc) is 3.14. The minimum atomic E-state index is -0.296. The van der Waals surface area contributed by atoms with E-state index in [0.29, 0.717) is 17.4 Å². The number of carbonyl (C=O) groups is 1. The van der Waals surface area contributed by atoms with Crippen LogP contribution in [0.2, 0.25) is 0 Å². The molecule has 6 heteroatoms. The molecule has 138 valence electrons. The number of halogens is 1. The molecule has 1 aromatic heterocycles. The van der Waals surface area contributed by atoms with Crippen molar-refractivity contribution in [2.45, 2.75) is 13.3 Å². The van der Waals surface area contributed by atoms with E-state index in [9.17, 15) is 9.18 Å². The summed E-state index contributed by atoms with van der Waals surface area (Å²) >= 11 is 1.32. The summed E-state index contributed by atoms with van der Waals surface area (Å²) in [7, 11) is 0. The zero-order chi connectivity index (χ0) is 19.1. The van der Waals surface area contributed by atoms with Gasteiger partial charge in [0.1, 0.15) is 11.6 Å². The third kappa shape index (κ3) is 5.24. The van der Waals surface area contributed by atoms with Crippen molar-refractivity contribution < 1.29 is 13.9 Å². The molecule has 0 radical (unpaired) electrons. The van der Waals surface area contributed by atoms with Crippen molar-refractivity contribution in [1.82, 2.24) is 4.98 Å². The molecule has 27 heavy (non-hydrogen) atoms. The molecule has 0 fully saturated rings. The summed E-state index contributed by atoms with van der Waals surface area (Å²) in [6.45, 7) is 2.67. The Morgan fingerprint density at radius 1 is 1.22 bits per heavy atom. The number of ether oxygens (including phenoxy) is 1. The molecule has 1 N–H and O–H groups in total. The van der Waals surface area contributed by atoms with E-state index in [0.717, 1.165) is 23.3 Å². The van der Waals surface area contributed by atoms with Crippen LogP contribution in [0.1, 0.15) is 18.9 Å². The quantitative estimate of drug-likeness (QED) is 0.558. The van der Waals surface area contributed by atoms with Gasteiger partial charge in [0.25, 0.3) is 0 Å². The van der Waals surface area contributed by atoms with Gasteiger partial charge in [0.2, 0.25) is 5.91 Å². The Bertz CT molecular complexity index is 935. The van der Waals surface area contributed by atoms with E-state index < -0.39 is 0 Å². The molecule has 0 aliphatic carbocycles. The Labute approximate surface area is 161 Å². The Morgan fingerprint density at radius 2 is 2.00 bits per heavy atom. The van der Waals surface area contributed by atoms with Crippen LogP contribution >= 0.6 is 11.3 Å². The van der Waals surface area contributed by atoms with Crippen LogP contribution in [0.15, 0.2) is 60.0 Å². The molecule has 0 saturated carbocycles. The van der Waals surface area contributed by atoms with Crippen LogP contribution in [0.5, 0.6) is 5.75 Å². The van der Waals surface area contributed by atoms with E-state index in [4.69, 9.17) is 4.74 Å². The van der Waals surface area contributed by atoms with Gasteiger partial charge in [0.05, 0.1) is 12.3 Å². The number of nitrogens with zero attached hydrogens (tertiary/aromatic N) is 1. The van der Waals surface area contributed by atoms with Gasteiger partial charge in [0, 0.05) is 22.6 Å². The highest BCUT2D eigenvalue weighted by Crippen LogP contribution is 2.25. The van der Waals surface area contributed by atoms with Crippen LogP contribution in [0, 0.1) is 5.82 Å². The molecule has 1 amide bonds. The second-order valence-electron chi connectivity index (χ2n) is 5.75. The van der Waals surface area contributed by atoms with E-state index in [-0.39, 0.29) is 11.7 Å². The van der Waals surface area contributed by atoms with E-state index in [1.54, 1.807) is 18.2 Å². The molecule has 0 saturated heterocycles. The largest absolute Gasteiger partial charge is 0.493 e. The standard InChI is InChI=1S/C21H19FN2O2S/c1-2-13-26-19-6-4-3-5-16(19)9-12-20(25)24-21-23-18(14-27-21)15-7-10-17(22)11-8-15/h3-12,14H,2,13H2,1H3,(H,23,24,25)/b12-9+. The van der Waals surface area contributed by atoms with Gasteiger partial charge >= 0.3 is 0 Å². The number of rotatable bonds is 7. The molecule has 4 nitrogen and oxygen atoms in total. The first-order chi connectivity index (χ1) is 13.2. The van der Waals surface area contributed by atoms with Crippen LogP contribution in [0.4, 0.5) is 9.52 Å². The first kappa shape index (κ1) is 18.8. The third-order valence-corrected chi connectivity index (χ3v) is 4.43. The van der Waals surface area contributed by atoms with Crippen molar-refractivity contribution in [1.29, 1.82) is 0 Å². The van der Waals surface area contributed by atoms with Crippen LogP contribution < -0.4 is 10.1 Å². The maximum absolute atomic E-state index is 13.0. The molecule has 0 aliphatic rings. The predicted molar refractivity (Wildman–Crippen MR) is 107 cm³/mol. The summed E-state index contributed by atoms with van der Waals surface area (Å²) < 4.78 is 18.7. The van der Waals surface area contributed by atoms with Gasteiger partial charge in [-0.25, -0.2) is 9.37 Å². The normalized spacial score (nSPS) is 10.9. The number of hydrogen-bond donors (Lipinski definition) is 1. The molecule has 3 rings (SSSR count). The maximum atomic E-state index is 13.0. The molecule has 0 unspecified atom stereocenters. The lowest BCUT2D eigenvalue weighted by atomic mass is 10.2. The second-order valence-corrected chi connectivity index (χ2v) is 6.61. The number of para-hydroxylation sites is 1. The average molecular weight is 382 g/mol. The lowest BCUT2D eigenvalue weighted by Crippen LogP contribution is -2.07. The molecular weight excluding hydrogens is 363 g/mol. The number of anilines is 1. The number of aromatic nitrogens is 1. The van der Waals surface area contributed by atoms with Crippen LogP contribution in [0.25, 0.3) is 17.3 Å². The second kappa shape index (κ2) is 9.09. The molecule has 0 atom stereocenters. The summed E-state index contributed by atoms with van der Waals surface area (Å²) in [6.07, 6.45) is 4.08. The van der Waals surface area contributed by atoms with Gasteiger partial charge in [0.15, 0.2) is 5.13 Å². The Hall–Kier alpha value is -2.99. The van der Waals surface area contributed by atoms with Crippen molar-refractivity contribution in [3.63, 3.8) is 0 Å². The summed E-state index contributed by atoms with van der Waals surface area (Å²) in [5.74, 6) is 0.174. The monoisotopic (exact) mass is 382 g/mol. The van der Waals surface area contributed by atoms with E-state index in [1.165, 1.54) is 29.5 Å². The minimum Gasteiger partial charge on any atom is -0.493 e. The molecule has 1 heterocycles. The summed E-state index contributed by atoms with van der Waals surface area (Å²) in [5.41, 5.74) is 2.33. The molecule has 0 bridgehead atoms. The van der Waals surface area contributed by atoms with Gasteiger partial charge in [-0.3, -0.25) is 10.1 Å². The fourth-order valence-corrected chi connectivity index (χ4v) is 3.08. The highest BCUT2D eigenvalue weighted by molar-refractivity contribution is 7.14. The first-order valence-electron chi connectivity index (χ1n) is 8.58. The highest BCUT2D eigenvalue weighted by Gasteiger charge is 2.07. The van der Waals surface area contributed by atoms with Crippen molar-refractivity contribution in [3.8, 4) is 17.0 Å². The first-order valence-corrected chi connectivity index (χ1v) is 9.46. The number of benzene rings is 2. The zero-order valence-corrected chi connectivity index (χ0v) is 15.6. The number of nitrogens with one attached hydrogen (secondary N) is 1. The number of carbonyl (C=O) groups excluding carboxylic acids is 1. The smallest absolute Gasteiger partial charge is 0.250 e. The number of hydrogen-bond acceptors (Lipinski definition) is 4. The molecule has 2 aromatic carbocycles. The Morgan fingerprint density at radius 3 is 2.78 bits per heavy atom. The van der Waals surface area contributed by atoms with Gasteiger partial charge in [-0.05, 0) is 42.8 Å². The zero-order valence-electron chi connectivity index (χ0n) is 14.8. The third-order valence-electron chi connectivity index (χ3n) is 3.67. The SMILES string of the molecule is CCCOc1ccccc1/C=C/C(=O)Nc1nc(-c2ccc(F)cc2)cs1. The summed E-state index contributed by atoms with van der Waals surface area (Å²) in [6, 6.07) is 13.6. The van der Waals surface area contributed by atoms with Crippen molar-refractivity contribution >= 4 is 28.5 Å². The molecule has 3 aromatic rings. The van der Waals surface area contributed by atoms with Crippen molar-refractivity contribution in [2.24, 2.45) is 0 Å². The lowest BCUT2D eigenvalue weighted by molar-refractivity contribution is -0.111. The summed E-state index contributed by atoms with van der Waals surface area (Å²) in [4.78, 5) is 16.5. The predicted octanol–water partition coefficient (Wildman–Crippen LogP) is 5.39. The van der Waals surface area contributed by atoms with Crippen LogP contribution in [0.3, 0.4) is 0 Å². The number of amides is 1. The minimum absolute atomic E-state index is 0.277.